The van der Waals surface area contributed by atoms with Gasteiger partial charge in [-0.15, -0.1) is 0 Å². The number of nitrogens with one attached hydrogen (secondary N) is 1. The van der Waals surface area contributed by atoms with Crippen molar-refractivity contribution < 1.29 is 9.59 Å². The monoisotopic (exact) mass is 236 g/mol. The van der Waals surface area contributed by atoms with E-state index in [1.165, 1.54) is 0 Å². The number of nitriles is 1. The minimum Gasteiger partial charge on any atom is -0.326 e. The molecule has 0 aromatic heterocycles. The maximum atomic E-state index is 11.3. The van der Waals surface area contributed by atoms with Gasteiger partial charge in [0.25, 0.3) is 0 Å². The molecule has 16 heavy (non-hydrogen) atoms. The van der Waals surface area contributed by atoms with Gasteiger partial charge in [-0.3, -0.25) is 9.59 Å². The molecule has 0 atom stereocenters. The van der Waals surface area contributed by atoms with Crippen molar-refractivity contribution in [3.8, 4) is 6.07 Å². The standard InChI is InChI=1S/C11H9ClN2O2/c12-10(15)5-6-11(16)14-9-3-1-8(7-13)2-4-9/h1-4H,5-6H2,(H,14,16). The van der Waals surface area contributed by atoms with Crippen LogP contribution in [0.15, 0.2) is 24.3 Å². The molecule has 0 fully saturated rings. The summed E-state index contributed by atoms with van der Waals surface area (Å²) in [6.45, 7) is 0. The van der Waals surface area contributed by atoms with Gasteiger partial charge in [0.1, 0.15) is 0 Å². The van der Waals surface area contributed by atoms with Crippen molar-refractivity contribution >= 4 is 28.4 Å². The quantitative estimate of drug-likeness (QED) is 0.814. The number of hydrogen-bond donors (Lipinski definition) is 1. The molecular weight excluding hydrogens is 228 g/mol. The number of halogens is 1. The van der Waals surface area contributed by atoms with E-state index in [-0.39, 0.29) is 18.7 Å². The average molecular weight is 237 g/mol. The minimum atomic E-state index is -0.532. The molecule has 1 N–H and O–H groups in total. The summed E-state index contributed by atoms with van der Waals surface area (Å²) >= 11 is 5.11. The zero-order chi connectivity index (χ0) is 12.0. The van der Waals surface area contributed by atoms with E-state index in [0.717, 1.165) is 0 Å². The first-order chi connectivity index (χ1) is 7.61. The summed E-state index contributed by atoms with van der Waals surface area (Å²) in [5.74, 6) is -0.279. The molecule has 0 aliphatic carbocycles. The van der Waals surface area contributed by atoms with Crippen LogP contribution in [0.5, 0.6) is 0 Å². The van der Waals surface area contributed by atoms with Crippen molar-refractivity contribution in [2.24, 2.45) is 0 Å². The van der Waals surface area contributed by atoms with Crippen molar-refractivity contribution in [1.82, 2.24) is 0 Å². The van der Waals surface area contributed by atoms with E-state index >= 15 is 0 Å². The van der Waals surface area contributed by atoms with E-state index in [4.69, 9.17) is 16.9 Å². The molecule has 1 aromatic rings. The van der Waals surface area contributed by atoms with Crippen molar-refractivity contribution in [3.05, 3.63) is 29.8 Å². The smallest absolute Gasteiger partial charge is 0.224 e. The first-order valence-electron chi connectivity index (χ1n) is 4.60. The molecule has 0 bridgehead atoms. The normalized spacial score (nSPS) is 9.25. The molecular formula is C11H9ClN2O2. The van der Waals surface area contributed by atoms with Gasteiger partial charge in [-0.05, 0) is 35.9 Å². The van der Waals surface area contributed by atoms with E-state index in [2.05, 4.69) is 5.32 Å². The lowest BCUT2D eigenvalue weighted by molar-refractivity contribution is -0.119. The van der Waals surface area contributed by atoms with Gasteiger partial charge in [0.2, 0.25) is 11.1 Å². The highest BCUT2D eigenvalue weighted by molar-refractivity contribution is 6.63. The van der Waals surface area contributed by atoms with Gasteiger partial charge in [-0.1, -0.05) is 0 Å². The summed E-state index contributed by atoms with van der Waals surface area (Å²) in [4.78, 5) is 21.7. The fourth-order valence-corrected chi connectivity index (χ4v) is 1.16. The molecule has 5 heteroatoms. The largest absolute Gasteiger partial charge is 0.326 e. The van der Waals surface area contributed by atoms with Crippen LogP contribution in [-0.4, -0.2) is 11.1 Å². The Hall–Kier alpha value is -1.86. The van der Waals surface area contributed by atoms with Gasteiger partial charge in [-0.25, -0.2) is 0 Å². The Balaban J connectivity index is 2.50. The van der Waals surface area contributed by atoms with Gasteiger partial charge >= 0.3 is 0 Å². The van der Waals surface area contributed by atoms with Crippen LogP contribution >= 0.6 is 11.6 Å². The van der Waals surface area contributed by atoms with Gasteiger partial charge in [0.05, 0.1) is 11.6 Å². The third-order valence-corrected chi connectivity index (χ3v) is 2.04. The summed E-state index contributed by atoms with van der Waals surface area (Å²) in [6, 6.07) is 8.42. The van der Waals surface area contributed by atoms with Crippen molar-refractivity contribution in [3.63, 3.8) is 0 Å². The maximum Gasteiger partial charge on any atom is 0.224 e. The van der Waals surface area contributed by atoms with E-state index in [9.17, 15) is 9.59 Å². The van der Waals surface area contributed by atoms with Crippen LogP contribution in [0.4, 0.5) is 5.69 Å². The fraction of sp³-hybridized carbons (Fsp3) is 0.182. The van der Waals surface area contributed by atoms with Crippen LogP contribution in [0.3, 0.4) is 0 Å². The molecule has 1 amide bonds. The molecule has 0 aliphatic rings. The highest BCUT2D eigenvalue weighted by Gasteiger charge is 2.04. The lowest BCUT2D eigenvalue weighted by Crippen LogP contribution is -2.12. The van der Waals surface area contributed by atoms with Crippen LogP contribution in [0.25, 0.3) is 0 Å². The van der Waals surface area contributed by atoms with Crippen LogP contribution < -0.4 is 5.32 Å². The van der Waals surface area contributed by atoms with Crippen LogP contribution in [0.1, 0.15) is 18.4 Å². The first-order valence-corrected chi connectivity index (χ1v) is 4.98. The molecule has 0 saturated carbocycles. The Morgan fingerprint density at radius 1 is 1.25 bits per heavy atom. The van der Waals surface area contributed by atoms with Crippen LogP contribution in [-0.2, 0) is 9.59 Å². The number of hydrogen-bond acceptors (Lipinski definition) is 3. The number of carbonyl (C=O) groups excluding carboxylic acids is 2. The van der Waals surface area contributed by atoms with Crippen LogP contribution in [0.2, 0.25) is 0 Å². The van der Waals surface area contributed by atoms with E-state index in [1.807, 2.05) is 6.07 Å². The summed E-state index contributed by atoms with van der Waals surface area (Å²) in [7, 11) is 0. The minimum absolute atomic E-state index is 0.0175. The highest BCUT2D eigenvalue weighted by Crippen LogP contribution is 2.09. The van der Waals surface area contributed by atoms with E-state index in [0.29, 0.717) is 11.3 Å². The van der Waals surface area contributed by atoms with Gasteiger partial charge in [-0.2, -0.15) is 5.26 Å². The lowest BCUT2D eigenvalue weighted by Gasteiger charge is -2.03. The molecule has 1 rings (SSSR count). The van der Waals surface area contributed by atoms with Crippen molar-refractivity contribution in [2.45, 2.75) is 12.8 Å². The number of amides is 1. The summed E-state index contributed by atoms with van der Waals surface area (Å²) in [5, 5.41) is 10.6. The molecule has 0 unspecified atom stereocenters. The molecule has 4 nitrogen and oxygen atoms in total. The number of anilines is 1. The second-order valence-electron chi connectivity index (χ2n) is 3.09. The molecule has 1 aromatic carbocycles. The third-order valence-electron chi connectivity index (χ3n) is 1.85. The molecule has 82 valence electrons. The molecule has 0 saturated heterocycles. The average Bonchev–Trinajstić information content (AvgIpc) is 2.27. The number of nitrogens with zero attached hydrogens (tertiary/aromatic N) is 1. The molecule has 0 heterocycles. The Morgan fingerprint density at radius 2 is 1.88 bits per heavy atom. The number of benzene rings is 1. The zero-order valence-electron chi connectivity index (χ0n) is 8.37. The topological polar surface area (TPSA) is 70.0 Å². The van der Waals surface area contributed by atoms with Crippen molar-refractivity contribution in [2.75, 3.05) is 5.32 Å². The summed E-state index contributed by atoms with van der Waals surface area (Å²) < 4.78 is 0. The lowest BCUT2D eigenvalue weighted by atomic mass is 10.2. The predicted molar refractivity (Wildman–Crippen MR) is 59.9 cm³/mol. The van der Waals surface area contributed by atoms with Gasteiger partial charge in [0, 0.05) is 18.5 Å². The highest BCUT2D eigenvalue weighted by atomic mass is 35.5. The van der Waals surface area contributed by atoms with E-state index in [1.54, 1.807) is 24.3 Å². The zero-order valence-corrected chi connectivity index (χ0v) is 9.12. The molecule has 0 aliphatic heterocycles. The number of rotatable bonds is 4. The van der Waals surface area contributed by atoms with Gasteiger partial charge in [0.15, 0.2) is 0 Å². The Morgan fingerprint density at radius 3 is 2.38 bits per heavy atom. The van der Waals surface area contributed by atoms with Gasteiger partial charge < -0.3 is 5.32 Å². The molecule has 0 radical (unpaired) electrons. The SMILES string of the molecule is N#Cc1ccc(NC(=O)CCC(=O)Cl)cc1. The Labute approximate surface area is 97.8 Å². The number of carbonyl (C=O) groups is 2. The summed E-state index contributed by atoms with van der Waals surface area (Å²) in [5.41, 5.74) is 1.11. The van der Waals surface area contributed by atoms with E-state index < -0.39 is 5.24 Å². The predicted octanol–water partition coefficient (Wildman–Crippen LogP) is 2.04. The van der Waals surface area contributed by atoms with Crippen molar-refractivity contribution in [1.29, 1.82) is 5.26 Å². The third kappa shape index (κ3) is 4.11. The fourth-order valence-electron chi connectivity index (χ4n) is 1.06. The second kappa shape index (κ2) is 5.89. The second-order valence-corrected chi connectivity index (χ2v) is 3.51. The first kappa shape index (κ1) is 12.2. The van der Waals surface area contributed by atoms with Crippen LogP contribution in [0, 0.1) is 11.3 Å². The molecule has 0 spiro atoms. The maximum absolute atomic E-state index is 11.3. The Kier molecular flexibility index (Phi) is 4.49. The Bertz CT molecular complexity index is 434. The summed E-state index contributed by atoms with van der Waals surface area (Å²) in [6.07, 6.45) is 0.0754.